The van der Waals surface area contributed by atoms with E-state index in [1.54, 1.807) is 13.4 Å². The van der Waals surface area contributed by atoms with Crippen LogP contribution >= 0.6 is 11.3 Å². The average Bonchev–Trinajstić information content (AvgIpc) is 3.49. The number of hydrogen-bond acceptors (Lipinski definition) is 6. The van der Waals surface area contributed by atoms with Gasteiger partial charge in [-0.25, -0.2) is 9.97 Å². The topological polar surface area (TPSA) is 67.3 Å². The molecule has 156 valence electrons. The molecule has 6 nitrogen and oxygen atoms in total. The number of methoxy groups -OCH3 is 1. The third-order valence-corrected chi connectivity index (χ3v) is 7.64. The third kappa shape index (κ3) is 3.41. The number of hydrogen-bond donors (Lipinski definition) is 1. The van der Waals surface area contributed by atoms with Gasteiger partial charge in [0.2, 0.25) is 0 Å². The van der Waals surface area contributed by atoms with Crippen LogP contribution in [0, 0.1) is 12.8 Å². The Balaban J connectivity index is 1.34. The highest BCUT2D eigenvalue weighted by Crippen LogP contribution is 2.40. The number of amides is 1. The van der Waals surface area contributed by atoms with Gasteiger partial charge in [-0.05, 0) is 61.8 Å². The second kappa shape index (κ2) is 7.87. The Kier molecular flexibility index (Phi) is 5.06. The van der Waals surface area contributed by atoms with Crippen LogP contribution < -0.4 is 10.1 Å². The van der Waals surface area contributed by atoms with Crippen LogP contribution in [-0.2, 0) is 6.42 Å². The van der Waals surface area contributed by atoms with E-state index in [0.29, 0.717) is 12.0 Å². The molecule has 2 bridgehead atoms. The lowest BCUT2D eigenvalue weighted by atomic mass is 10.1. The molecule has 1 amide bonds. The zero-order valence-electron chi connectivity index (χ0n) is 17.4. The SMILES string of the molecule is COc1ccc(CCNc2ncnc3sc(C(=O)N4C[C@H]5CC[C@H]4C5)c(C)c23)cc1. The van der Waals surface area contributed by atoms with Crippen molar-refractivity contribution in [1.82, 2.24) is 14.9 Å². The van der Waals surface area contributed by atoms with Gasteiger partial charge in [0.05, 0.1) is 17.4 Å². The van der Waals surface area contributed by atoms with Crippen LogP contribution in [0.2, 0.25) is 0 Å². The molecule has 3 aromatic rings. The van der Waals surface area contributed by atoms with E-state index in [9.17, 15) is 4.79 Å². The quantitative estimate of drug-likeness (QED) is 0.642. The summed E-state index contributed by atoms with van der Waals surface area (Å²) in [4.78, 5) is 26.0. The molecule has 2 atom stereocenters. The number of fused-ring (bicyclic) bond motifs is 3. The first kappa shape index (κ1) is 19.3. The highest BCUT2D eigenvalue weighted by atomic mass is 32.1. The van der Waals surface area contributed by atoms with Gasteiger partial charge in [-0.3, -0.25) is 4.79 Å². The van der Waals surface area contributed by atoms with Crippen LogP contribution in [0.15, 0.2) is 30.6 Å². The van der Waals surface area contributed by atoms with E-state index in [4.69, 9.17) is 4.74 Å². The first-order chi connectivity index (χ1) is 14.6. The normalized spacial score (nSPS) is 20.1. The zero-order chi connectivity index (χ0) is 20.7. The lowest BCUT2D eigenvalue weighted by molar-refractivity contribution is 0.0708. The minimum Gasteiger partial charge on any atom is -0.497 e. The summed E-state index contributed by atoms with van der Waals surface area (Å²) in [5.41, 5.74) is 2.23. The van der Waals surface area contributed by atoms with E-state index in [0.717, 1.165) is 58.2 Å². The molecule has 5 rings (SSSR count). The number of anilines is 1. The summed E-state index contributed by atoms with van der Waals surface area (Å²) in [5.74, 6) is 2.54. The van der Waals surface area contributed by atoms with Crippen molar-refractivity contribution >= 4 is 33.3 Å². The number of carbonyl (C=O) groups excluding carboxylic acids is 1. The summed E-state index contributed by atoms with van der Waals surface area (Å²) >= 11 is 1.50. The van der Waals surface area contributed by atoms with E-state index in [1.165, 1.54) is 29.7 Å². The fourth-order valence-corrected chi connectivity index (χ4v) is 5.94. The van der Waals surface area contributed by atoms with Crippen LogP contribution in [0.3, 0.4) is 0 Å². The van der Waals surface area contributed by atoms with E-state index in [1.807, 2.05) is 19.1 Å². The van der Waals surface area contributed by atoms with Crippen molar-refractivity contribution in [3.63, 3.8) is 0 Å². The highest BCUT2D eigenvalue weighted by molar-refractivity contribution is 7.20. The maximum Gasteiger partial charge on any atom is 0.264 e. The first-order valence-electron chi connectivity index (χ1n) is 10.6. The van der Waals surface area contributed by atoms with Crippen molar-refractivity contribution < 1.29 is 9.53 Å². The Morgan fingerprint density at radius 3 is 2.80 bits per heavy atom. The molecule has 0 radical (unpaired) electrons. The molecular weight excluding hydrogens is 396 g/mol. The second-order valence-electron chi connectivity index (χ2n) is 8.27. The van der Waals surface area contributed by atoms with Crippen molar-refractivity contribution in [3.8, 4) is 5.75 Å². The molecule has 2 aliphatic rings. The Hall–Kier alpha value is -2.67. The van der Waals surface area contributed by atoms with Crippen LogP contribution in [-0.4, -0.2) is 47.0 Å². The van der Waals surface area contributed by atoms with Gasteiger partial charge in [-0.15, -0.1) is 11.3 Å². The predicted molar refractivity (Wildman–Crippen MR) is 120 cm³/mol. The van der Waals surface area contributed by atoms with Crippen LogP contribution in [0.1, 0.15) is 40.1 Å². The van der Waals surface area contributed by atoms with E-state index in [2.05, 4.69) is 32.3 Å². The van der Waals surface area contributed by atoms with Gasteiger partial charge < -0.3 is 15.0 Å². The van der Waals surface area contributed by atoms with Gasteiger partial charge in [0.25, 0.3) is 5.91 Å². The van der Waals surface area contributed by atoms with Crippen molar-refractivity contribution in [3.05, 3.63) is 46.6 Å². The monoisotopic (exact) mass is 422 g/mol. The highest BCUT2D eigenvalue weighted by Gasteiger charge is 2.41. The molecule has 0 unspecified atom stereocenters. The molecule has 2 aromatic heterocycles. The van der Waals surface area contributed by atoms with Crippen LogP contribution in [0.25, 0.3) is 10.2 Å². The van der Waals surface area contributed by atoms with Gasteiger partial charge in [0.15, 0.2) is 0 Å². The van der Waals surface area contributed by atoms with E-state index >= 15 is 0 Å². The number of aromatic nitrogens is 2. The molecule has 1 aromatic carbocycles. The largest absolute Gasteiger partial charge is 0.497 e. The second-order valence-corrected chi connectivity index (χ2v) is 9.27. The summed E-state index contributed by atoms with van der Waals surface area (Å²) < 4.78 is 5.22. The molecule has 30 heavy (non-hydrogen) atoms. The molecule has 1 aliphatic carbocycles. The Labute approximate surface area is 180 Å². The Morgan fingerprint density at radius 1 is 1.27 bits per heavy atom. The minimum absolute atomic E-state index is 0.173. The molecule has 0 spiro atoms. The number of nitrogens with zero attached hydrogens (tertiary/aromatic N) is 3. The molecule has 1 N–H and O–H groups in total. The lowest BCUT2D eigenvalue weighted by Crippen LogP contribution is -2.37. The lowest BCUT2D eigenvalue weighted by Gasteiger charge is -2.26. The predicted octanol–water partition coefficient (Wildman–Crippen LogP) is 4.29. The van der Waals surface area contributed by atoms with Gasteiger partial charge in [0, 0.05) is 19.1 Å². The van der Waals surface area contributed by atoms with Gasteiger partial charge in [-0.2, -0.15) is 0 Å². The van der Waals surface area contributed by atoms with Crippen LogP contribution in [0.4, 0.5) is 5.82 Å². The molecule has 2 fully saturated rings. The van der Waals surface area contributed by atoms with E-state index in [-0.39, 0.29) is 5.91 Å². The summed E-state index contributed by atoms with van der Waals surface area (Å²) in [6.45, 7) is 3.70. The molecule has 3 heterocycles. The minimum atomic E-state index is 0.173. The van der Waals surface area contributed by atoms with Crippen molar-refractivity contribution in [2.75, 3.05) is 25.5 Å². The number of carbonyl (C=O) groups is 1. The number of thiophene rings is 1. The fraction of sp³-hybridized carbons (Fsp3) is 0.435. The maximum absolute atomic E-state index is 13.2. The summed E-state index contributed by atoms with van der Waals surface area (Å²) in [7, 11) is 1.67. The zero-order valence-corrected chi connectivity index (χ0v) is 18.2. The summed E-state index contributed by atoms with van der Waals surface area (Å²) in [6.07, 6.45) is 6.06. The maximum atomic E-state index is 13.2. The first-order valence-corrected chi connectivity index (χ1v) is 11.4. The molecular formula is C23H26N4O2S. The fourth-order valence-electron chi connectivity index (χ4n) is 4.83. The Morgan fingerprint density at radius 2 is 2.10 bits per heavy atom. The van der Waals surface area contributed by atoms with Gasteiger partial charge in [-0.1, -0.05) is 12.1 Å². The number of nitrogens with one attached hydrogen (secondary N) is 1. The number of benzene rings is 1. The average molecular weight is 423 g/mol. The van der Waals surface area contributed by atoms with Gasteiger partial charge in [0.1, 0.15) is 22.7 Å². The number of rotatable bonds is 6. The van der Waals surface area contributed by atoms with Crippen molar-refractivity contribution in [2.24, 2.45) is 5.92 Å². The molecule has 1 saturated heterocycles. The number of piperidine rings is 1. The van der Waals surface area contributed by atoms with Crippen LogP contribution in [0.5, 0.6) is 5.75 Å². The molecule has 1 saturated carbocycles. The van der Waals surface area contributed by atoms with Crippen molar-refractivity contribution in [1.29, 1.82) is 0 Å². The third-order valence-electron chi connectivity index (χ3n) is 6.46. The standard InChI is InChI=1S/C23H26N4O2S/c1-14-19-21(24-10-9-15-4-7-18(29-2)8-5-15)25-13-26-22(19)30-20(14)23(28)27-12-16-3-6-17(27)11-16/h4-5,7-8,13,16-17H,3,6,9-12H2,1-2H3,(H,24,25,26)/t16-,17-/m0/s1. The number of likely N-dealkylation sites (tertiary alicyclic amines) is 1. The smallest absolute Gasteiger partial charge is 0.264 e. The van der Waals surface area contributed by atoms with Gasteiger partial charge >= 0.3 is 0 Å². The molecule has 7 heteroatoms. The summed E-state index contributed by atoms with van der Waals surface area (Å²) in [6, 6.07) is 8.54. The number of ether oxygens (including phenoxy) is 1. The summed E-state index contributed by atoms with van der Waals surface area (Å²) in [5, 5.41) is 4.43. The molecule has 1 aliphatic heterocycles. The Bertz CT molecular complexity index is 1080. The van der Waals surface area contributed by atoms with Crippen molar-refractivity contribution in [2.45, 2.75) is 38.6 Å². The van der Waals surface area contributed by atoms with E-state index < -0.39 is 0 Å². The number of aryl methyl sites for hydroxylation is 1.